The largest absolute Gasteiger partial charge is 0.495 e. The van der Waals surface area contributed by atoms with Crippen molar-refractivity contribution in [2.45, 2.75) is 6.92 Å². The monoisotopic (exact) mass is 418 g/mol. The Bertz CT molecular complexity index is 1190. The Morgan fingerprint density at radius 2 is 1.83 bits per heavy atom. The second-order valence-corrected chi connectivity index (χ2v) is 7.38. The molecule has 7 nitrogen and oxygen atoms in total. The first-order valence-corrected chi connectivity index (χ1v) is 9.95. The van der Waals surface area contributed by atoms with Crippen LogP contribution in [0.2, 0.25) is 0 Å². The van der Waals surface area contributed by atoms with Crippen LogP contribution >= 0.6 is 11.3 Å². The summed E-state index contributed by atoms with van der Waals surface area (Å²) >= 11 is 1.47. The number of methoxy groups -OCH3 is 1. The van der Waals surface area contributed by atoms with Crippen LogP contribution in [0.1, 0.15) is 15.9 Å². The van der Waals surface area contributed by atoms with E-state index in [1.54, 1.807) is 43.8 Å². The molecule has 2 N–H and O–H groups in total. The van der Waals surface area contributed by atoms with Crippen LogP contribution in [0.4, 0.5) is 10.9 Å². The number of anilines is 2. The molecule has 4 rings (SSSR count). The van der Waals surface area contributed by atoms with E-state index < -0.39 is 5.97 Å². The van der Waals surface area contributed by atoms with Crippen molar-refractivity contribution in [2.24, 2.45) is 0 Å². The molecule has 0 atom stereocenters. The molecular weight excluding hydrogens is 400 g/mol. The van der Waals surface area contributed by atoms with Gasteiger partial charge in [-0.25, -0.2) is 14.8 Å². The van der Waals surface area contributed by atoms with Gasteiger partial charge in [0.25, 0.3) is 0 Å². The zero-order chi connectivity index (χ0) is 21.1. The van der Waals surface area contributed by atoms with Crippen LogP contribution in [0.25, 0.3) is 22.5 Å². The van der Waals surface area contributed by atoms with Crippen molar-refractivity contribution in [3.8, 4) is 28.3 Å². The van der Waals surface area contributed by atoms with Crippen LogP contribution in [0.3, 0.4) is 0 Å². The number of aromatic nitrogens is 3. The number of benzene rings is 1. The van der Waals surface area contributed by atoms with Gasteiger partial charge in [-0.2, -0.15) is 0 Å². The number of hydrogen-bond acceptors (Lipinski definition) is 7. The molecule has 0 spiro atoms. The predicted molar refractivity (Wildman–Crippen MR) is 117 cm³/mol. The highest BCUT2D eigenvalue weighted by atomic mass is 32.1. The van der Waals surface area contributed by atoms with Crippen molar-refractivity contribution in [1.29, 1.82) is 0 Å². The second kappa shape index (κ2) is 8.30. The molecule has 0 amide bonds. The minimum Gasteiger partial charge on any atom is -0.495 e. The summed E-state index contributed by atoms with van der Waals surface area (Å²) in [5, 5.41) is 14.9. The van der Waals surface area contributed by atoms with Crippen LogP contribution in [-0.2, 0) is 0 Å². The quantitative estimate of drug-likeness (QED) is 0.453. The highest BCUT2D eigenvalue weighted by Crippen LogP contribution is 2.29. The fourth-order valence-electron chi connectivity index (χ4n) is 2.87. The molecule has 0 aliphatic carbocycles. The van der Waals surface area contributed by atoms with Gasteiger partial charge in [0.05, 0.1) is 24.6 Å². The summed E-state index contributed by atoms with van der Waals surface area (Å²) in [7, 11) is 1.60. The van der Waals surface area contributed by atoms with Gasteiger partial charge in [0.15, 0.2) is 5.13 Å². The lowest BCUT2D eigenvalue weighted by Crippen LogP contribution is -1.97. The number of thiazole rings is 1. The lowest BCUT2D eigenvalue weighted by Gasteiger charge is -2.08. The molecule has 0 unspecified atom stereocenters. The van der Waals surface area contributed by atoms with Crippen LogP contribution < -0.4 is 10.1 Å². The number of nitrogens with zero attached hydrogens (tertiary/aromatic N) is 3. The number of pyridine rings is 2. The van der Waals surface area contributed by atoms with Crippen LogP contribution in [-0.4, -0.2) is 33.1 Å². The summed E-state index contributed by atoms with van der Waals surface area (Å²) in [5.74, 6) is 0.470. The van der Waals surface area contributed by atoms with Crippen LogP contribution in [0.15, 0.2) is 60.2 Å². The van der Waals surface area contributed by atoms with Gasteiger partial charge in [0.1, 0.15) is 17.3 Å². The van der Waals surface area contributed by atoms with E-state index in [4.69, 9.17) is 9.84 Å². The van der Waals surface area contributed by atoms with E-state index in [0.717, 1.165) is 33.2 Å². The normalized spacial score (nSPS) is 10.6. The summed E-state index contributed by atoms with van der Waals surface area (Å²) in [6, 6.07) is 12.5. The molecule has 3 aromatic heterocycles. The number of carboxylic acid groups (broad SMARTS) is 1. The molecule has 8 heteroatoms. The first-order valence-electron chi connectivity index (χ1n) is 9.07. The van der Waals surface area contributed by atoms with Crippen molar-refractivity contribution in [1.82, 2.24) is 15.0 Å². The van der Waals surface area contributed by atoms with Gasteiger partial charge in [-0.3, -0.25) is 4.98 Å². The molecule has 0 radical (unpaired) electrons. The molecule has 30 heavy (non-hydrogen) atoms. The molecule has 0 aliphatic rings. The molecule has 0 bridgehead atoms. The van der Waals surface area contributed by atoms with E-state index >= 15 is 0 Å². The van der Waals surface area contributed by atoms with Gasteiger partial charge in [-0.15, -0.1) is 11.3 Å². The lowest BCUT2D eigenvalue weighted by molar-refractivity contribution is 0.0697. The topological polar surface area (TPSA) is 97.2 Å². The minimum absolute atomic E-state index is 0.257. The third-order valence-electron chi connectivity index (χ3n) is 4.51. The number of carbonyl (C=O) groups is 1. The Balaban J connectivity index is 1.51. The molecule has 1 aromatic carbocycles. The number of hydrogen-bond donors (Lipinski definition) is 2. The zero-order valence-electron chi connectivity index (χ0n) is 16.3. The van der Waals surface area contributed by atoms with Crippen LogP contribution in [0.5, 0.6) is 5.75 Å². The Morgan fingerprint density at radius 3 is 2.47 bits per heavy atom. The summed E-state index contributed by atoms with van der Waals surface area (Å²) < 4.78 is 5.13. The zero-order valence-corrected chi connectivity index (χ0v) is 17.1. The molecule has 0 saturated carbocycles. The van der Waals surface area contributed by atoms with E-state index in [1.165, 1.54) is 11.3 Å². The number of nitrogens with one attached hydrogen (secondary N) is 1. The average Bonchev–Trinajstić information content (AvgIpc) is 3.24. The smallest absolute Gasteiger partial charge is 0.335 e. The van der Waals surface area contributed by atoms with E-state index in [-0.39, 0.29) is 5.56 Å². The Hall–Kier alpha value is -3.78. The van der Waals surface area contributed by atoms with Crippen molar-refractivity contribution >= 4 is 28.3 Å². The number of ether oxygens (including phenoxy) is 1. The third-order valence-corrected chi connectivity index (χ3v) is 5.27. The Morgan fingerprint density at radius 1 is 1.03 bits per heavy atom. The molecule has 0 aliphatic heterocycles. The third kappa shape index (κ3) is 4.13. The van der Waals surface area contributed by atoms with Crippen molar-refractivity contribution in [2.75, 3.05) is 12.4 Å². The SMILES string of the molecule is COc1ccc(-c2csc(Nc3ncc(-c4ccc(C(=O)O)cc4)cc3C)n2)nc1. The Labute approximate surface area is 177 Å². The maximum absolute atomic E-state index is 11.0. The summed E-state index contributed by atoms with van der Waals surface area (Å²) in [5.41, 5.74) is 4.58. The van der Waals surface area contributed by atoms with E-state index in [1.807, 2.05) is 30.5 Å². The maximum Gasteiger partial charge on any atom is 0.335 e. The number of aryl methyl sites for hydroxylation is 1. The van der Waals surface area contributed by atoms with E-state index in [2.05, 4.69) is 20.3 Å². The fourth-order valence-corrected chi connectivity index (χ4v) is 3.57. The summed E-state index contributed by atoms with van der Waals surface area (Å²) in [4.78, 5) is 24.5. The maximum atomic E-state index is 11.0. The van der Waals surface area contributed by atoms with E-state index in [0.29, 0.717) is 11.6 Å². The summed E-state index contributed by atoms with van der Waals surface area (Å²) in [6.07, 6.45) is 3.42. The lowest BCUT2D eigenvalue weighted by atomic mass is 10.0. The summed E-state index contributed by atoms with van der Waals surface area (Å²) in [6.45, 7) is 1.96. The average molecular weight is 418 g/mol. The first kappa shape index (κ1) is 19.5. The Kier molecular flexibility index (Phi) is 5.40. The standard InChI is InChI=1S/C22H18N4O3S/c1-13-9-16(14-3-5-15(6-4-14)21(27)28)10-24-20(13)26-22-25-19(12-30-22)18-8-7-17(29-2)11-23-18/h3-12H,1-2H3,(H,27,28)(H,24,25,26). The predicted octanol–water partition coefficient (Wildman–Crippen LogP) is 5.03. The fraction of sp³-hybridized carbons (Fsp3) is 0.0909. The van der Waals surface area contributed by atoms with Gasteiger partial charge in [0.2, 0.25) is 0 Å². The molecule has 4 aromatic rings. The number of rotatable bonds is 6. The molecule has 3 heterocycles. The number of carboxylic acids is 1. The second-order valence-electron chi connectivity index (χ2n) is 6.52. The molecule has 150 valence electrons. The first-order chi connectivity index (χ1) is 14.5. The highest BCUT2D eigenvalue weighted by molar-refractivity contribution is 7.14. The van der Waals surface area contributed by atoms with Gasteiger partial charge in [0, 0.05) is 17.1 Å². The molecule has 0 saturated heterocycles. The van der Waals surface area contributed by atoms with Crippen molar-refractivity contribution < 1.29 is 14.6 Å². The van der Waals surface area contributed by atoms with Crippen molar-refractivity contribution in [3.63, 3.8) is 0 Å². The van der Waals surface area contributed by atoms with Crippen molar-refractivity contribution in [3.05, 3.63) is 71.4 Å². The van der Waals surface area contributed by atoms with Gasteiger partial charge in [-0.05, 0) is 48.4 Å². The minimum atomic E-state index is -0.942. The van der Waals surface area contributed by atoms with Crippen LogP contribution in [0, 0.1) is 6.92 Å². The molecular formula is C22H18N4O3S. The van der Waals surface area contributed by atoms with E-state index in [9.17, 15) is 4.79 Å². The molecule has 0 fully saturated rings. The van der Waals surface area contributed by atoms with Gasteiger partial charge in [-0.1, -0.05) is 12.1 Å². The highest BCUT2D eigenvalue weighted by Gasteiger charge is 2.10. The van der Waals surface area contributed by atoms with Gasteiger partial charge >= 0.3 is 5.97 Å². The number of aromatic carboxylic acids is 1. The van der Waals surface area contributed by atoms with Gasteiger partial charge < -0.3 is 15.2 Å².